The summed E-state index contributed by atoms with van der Waals surface area (Å²) in [5.41, 5.74) is 6.12. The Hall–Kier alpha value is -2.98. The summed E-state index contributed by atoms with van der Waals surface area (Å²) < 4.78 is 8.83. The number of hydrogen-bond acceptors (Lipinski definition) is 1. The van der Waals surface area contributed by atoms with Gasteiger partial charge in [0.2, 0.25) is 0 Å². The highest BCUT2D eigenvalue weighted by atomic mass is 79.9. The lowest BCUT2D eigenvalue weighted by Crippen LogP contribution is -2.03. The first-order valence-electron chi connectivity index (χ1n) is 9.60. The van der Waals surface area contributed by atoms with Crippen LogP contribution < -0.4 is 4.74 Å². The quantitative estimate of drug-likeness (QED) is 0.332. The van der Waals surface area contributed by atoms with Crippen molar-refractivity contribution >= 4 is 37.7 Å². The van der Waals surface area contributed by atoms with E-state index in [1.165, 1.54) is 33.0 Å². The standard InChI is InChI=1S/C25H21BrN2O/c1-28-15-22(20-13-17(26)10-11-24(20)28)25(16-6-5-7-18(12-16)29-2)21-14-27-23-9-4-3-8-19(21)23/h3-15,25,27H,1-2H3/t25-/m1/s1. The maximum atomic E-state index is 5.54. The molecule has 0 bridgehead atoms. The Labute approximate surface area is 178 Å². The zero-order valence-corrected chi connectivity index (χ0v) is 17.9. The molecule has 0 aliphatic carbocycles. The van der Waals surface area contributed by atoms with Gasteiger partial charge in [-0.15, -0.1) is 0 Å². The van der Waals surface area contributed by atoms with Gasteiger partial charge in [-0.2, -0.15) is 0 Å². The lowest BCUT2D eigenvalue weighted by atomic mass is 9.84. The molecule has 1 N–H and O–H groups in total. The van der Waals surface area contributed by atoms with Crippen LogP contribution in [-0.4, -0.2) is 16.7 Å². The van der Waals surface area contributed by atoms with Crippen molar-refractivity contribution in [1.82, 2.24) is 9.55 Å². The molecule has 0 saturated carbocycles. The van der Waals surface area contributed by atoms with Crippen molar-refractivity contribution in [3.05, 3.63) is 100 Å². The lowest BCUT2D eigenvalue weighted by molar-refractivity contribution is 0.414. The van der Waals surface area contributed by atoms with Crippen molar-refractivity contribution in [2.75, 3.05) is 7.11 Å². The Bertz CT molecular complexity index is 1330. The minimum absolute atomic E-state index is 0.0826. The van der Waals surface area contributed by atoms with E-state index in [1.54, 1.807) is 7.11 Å². The van der Waals surface area contributed by atoms with Gasteiger partial charge in [0, 0.05) is 51.6 Å². The van der Waals surface area contributed by atoms with E-state index in [0.717, 1.165) is 15.7 Å². The van der Waals surface area contributed by atoms with Gasteiger partial charge >= 0.3 is 0 Å². The molecule has 0 fully saturated rings. The van der Waals surface area contributed by atoms with Crippen molar-refractivity contribution in [3.63, 3.8) is 0 Å². The van der Waals surface area contributed by atoms with Crippen molar-refractivity contribution < 1.29 is 4.74 Å². The van der Waals surface area contributed by atoms with Gasteiger partial charge in [-0.05, 0) is 53.1 Å². The molecule has 0 aliphatic heterocycles. The first kappa shape index (κ1) is 18.1. The van der Waals surface area contributed by atoms with Crippen molar-refractivity contribution in [2.45, 2.75) is 5.92 Å². The van der Waals surface area contributed by atoms with Crippen molar-refractivity contribution in [2.24, 2.45) is 7.05 Å². The monoisotopic (exact) mass is 444 g/mol. The van der Waals surface area contributed by atoms with Crippen LogP contribution in [0, 0.1) is 0 Å². The number of para-hydroxylation sites is 1. The maximum absolute atomic E-state index is 5.54. The van der Waals surface area contributed by atoms with Crippen LogP contribution in [0.1, 0.15) is 22.6 Å². The van der Waals surface area contributed by atoms with Gasteiger partial charge in [0.15, 0.2) is 0 Å². The Morgan fingerprint density at radius 2 is 1.79 bits per heavy atom. The molecule has 1 atom stereocenters. The molecule has 5 aromatic rings. The van der Waals surface area contributed by atoms with Gasteiger partial charge < -0.3 is 14.3 Å². The molecule has 0 aliphatic rings. The second kappa shape index (κ2) is 7.12. The number of hydrogen-bond donors (Lipinski definition) is 1. The summed E-state index contributed by atoms with van der Waals surface area (Å²) in [6.07, 6.45) is 4.40. The Morgan fingerprint density at radius 1 is 0.931 bits per heavy atom. The number of aromatic amines is 1. The fourth-order valence-electron chi connectivity index (χ4n) is 4.31. The van der Waals surface area contributed by atoms with Crippen LogP contribution >= 0.6 is 15.9 Å². The molecule has 5 rings (SSSR count). The predicted molar refractivity (Wildman–Crippen MR) is 123 cm³/mol. The molecule has 0 saturated heterocycles. The maximum Gasteiger partial charge on any atom is 0.119 e. The SMILES string of the molecule is COc1cccc([C@H](c2c[nH]c3ccccc23)c2cn(C)c3ccc(Br)cc23)c1. The molecule has 3 aromatic carbocycles. The molecule has 0 radical (unpaired) electrons. The van der Waals surface area contributed by atoms with Crippen LogP contribution in [0.3, 0.4) is 0 Å². The summed E-state index contributed by atoms with van der Waals surface area (Å²) in [5, 5.41) is 2.49. The van der Waals surface area contributed by atoms with Crippen LogP contribution in [0.2, 0.25) is 0 Å². The summed E-state index contributed by atoms with van der Waals surface area (Å²) in [4.78, 5) is 3.46. The van der Waals surface area contributed by atoms with Gasteiger partial charge in [-0.25, -0.2) is 0 Å². The first-order valence-corrected chi connectivity index (χ1v) is 10.4. The Balaban J connectivity index is 1.83. The highest BCUT2D eigenvalue weighted by molar-refractivity contribution is 9.10. The number of aryl methyl sites for hydroxylation is 1. The minimum Gasteiger partial charge on any atom is -0.497 e. The molecule has 2 aromatic heterocycles. The molecule has 3 nitrogen and oxygen atoms in total. The second-order valence-electron chi connectivity index (χ2n) is 7.36. The summed E-state index contributed by atoms with van der Waals surface area (Å²) in [5.74, 6) is 0.952. The number of nitrogens with one attached hydrogen (secondary N) is 1. The van der Waals surface area contributed by atoms with Gasteiger partial charge in [-0.3, -0.25) is 0 Å². The number of ether oxygens (including phenoxy) is 1. The van der Waals surface area contributed by atoms with Crippen molar-refractivity contribution in [3.8, 4) is 5.75 Å². The normalized spacial score (nSPS) is 12.5. The van der Waals surface area contributed by atoms with E-state index in [4.69, 9.17) is 4.74 Å². The van der Waals surface area contributed by atoms with Gasteiger partial charge in [0.25, 0.3) is 0 Å². The number of rotatable bonds is 4. The smallest absolute Gasteiger partial charge is 0.119 e. The number of halogens is 1. The van der Waals surface area contributed by atoms with Gasteiger partial charge in [0.05, 0.1) is 7.11 Å². The van der Waals surface area contributed by atoms with E-state index in [9.17, 15) is 0 Å². The molecule has 0 amide bonds. The number of methoxy groups -OCH3 is 1. The highest BCUT2D eigenvalue weighted by Crippen LogP contribution is 2.41. The largest absolute Gasteiger partial charge is 0.497 e. The molecule has 4 heteroatoms. The van der Waals surface area contributed by atoms with Crippen LogP contribution in [0.25, 0.3) is 21.8 Å². The number of nitrogens with zero attached hydrogens (tertiary/aromatic N) is 1. The average Bonchev–Trinajstić information content (AvgIpc) is 3.30. The van der Waals surface area contributed by atoms with Crippen LogP contribution in [0.5, 0.6) is 5.75 Å². The van der Waals surface area contributed by atoms with Gasteiger partial charge in [0.1, 0.15) is 5.75 Å². The van der Waals surface area contributed by atoms with E-state index in [0.29, 0.717) is 0 Å². The highest BCUT2D eigenvalue weighted by Gasteiger charge is 2.24. The first-order chi connectivity index (χ1) is 14.2. The summed E-state index contributed by atoms with van der Waals surface area (Å²) in [7, 11) is 3.83. The minimum atomic E-state index is 0.0826. The molecule has 0 spiro atoms. The van der Waals surface area contributed by atoms with Crippen LogP contribution in [0.15, 0.2) is 83.6 Å². The number of aromatic nitrogens is 2. The third-order valence-corrected chi connectivity index (χ3v) is 6.15. The van der Waals surface area contributed by atoms with E-state index < -0.39 is 0 Å². The number of H-pyrrole nitrogens is 1. The molecule has 29 heavy (non-hydrogen) atoms. The second-order valence-corrected chi connectivity index (χ2v) is 8.27. The lowest BCUT2D eigenvalue weighted by Gasteiger charge is -2.18. The molecule has 0 unspecified atom stereocenters. The average molecular weight is 445 g/mol. The Kier molecular flexibility index (Phi) is 4.44. The zero-order valence-electron chi connectivity index (χ0n) is 16.3. The van der Waals surface area contributed by atoms with Gasteiger partial charge in [-0.1, -0.05) is 46.3 Å². The molecule has 144 valence electrons. The Morgan fingerprint density at radius 3 is 2.66 bits per heavy atom. The zero-order chi connectivity index (χ0) is 20.0. The van der Waals surface area contributed by atoms with Crippen LogP contribution in [0.4, 0.5) is 0 Å². The topological polar surface area (TPSA) is 29.9 Å². The van der Waals surface area contributed by atoms with E-state index in [1.807, 2.05) is 6.07 Å². The molecular formula is C25H21BrN2O. The third kappa shape index (κ3) is 3.04. The summed E-state index contributed by atoms with van der Waals surface area (Å²) >= 11 is 3.66. The fourth-order valence-corrected chi connectivity index (χ4v) is 4.67. The predicted octanol–water partition coefficient (Wildman–Crippen LogP) is 6.61. The fraction of sp³-hybridized carbons (Fsp3) is 0.120. The van der Waals surface area contributed by atoms with E-state index in [-0.39, 0.29) is 5.92 Å². The number of benzene rings is 3. The van der Waals surface area contributed by atoms with E-state index in [2.05, 4.69) is 106 Å². The van der Waals surface area contributed by atoms with Crippen molar-refractivity contribution in [1.29, 1.82) is 0 Å². The summed E-state index contributed by atoms with van der Waals surface area (Å²) in [6.45, 7) is 0. The number of fused-ring (bicyclic) bond motifs is 2. The molecule has 2 heterocycles. The third-order valence-electron chi connectivity index (χ3n) is 5.65. The molecular weight excluding hydrogens is 424 g/mol. The van der Waals surface area contributed by atoms with Crippen LogP contribution in [-0.2, 0) is 7.05 Å². The van der Waals surface area contributed by atoms with E-state index >= 15 is 0 Å². The summed E-state index contributed by atoms with van der Waals surface area (Å²) in [6, 6.07) is 23.4.